The summed E-state index contributed by atoms with van der Waals surface area (Å²) in [6.07, 6.45) is 0.492. The van der Waals surface area contributed by atoms with Gasteiger partial charge in [-0.25, -0.2) is 4.98 Å². The Labute approximate surface area is 114 Å². The molecule has 7 heteroatoms. The number of hydrogen-bond acceptors (Lipinski definition) is 6. The lowest BCUT2D eigenvalue weighted by Gasteiger charge is -2.13. The van der Waals surface area contributed by atoms with Crippen LogP contribution >= 0.6 is 11.3 Å². The summed E-state index contributed by atoms with van der Waals surface area (Å²) in [5.41, 5.74) is 0. The van der Waals surface area contributed by atoms with Crippen molar-refractivity contribution < 1.29 is 4.79 Å². The maximum atomic E-state index is 11.2. The van der Waals surface area contributed by atoms with Crippen molar-refractivity contribution in [3.8, 4) is 0 Å². The zero-order chi connectivity index (χ0) is 13.2. The predicted octanol–water partition coefficient (Wildman–Crippen LogP) is 1.42. The first-order chi connectivity index (χ1) is 9.26. The van der Waals surface area contributed by atoms with Crippen LogP contribution in [0.4, 0.5) is 11.8 Å². The fourth-order valence-electron chi connectivity index (χ4n) is 2.10. The highest BCUT2D eigenvalue weighted by Gasteiger charge is 2.22. The van der Waals surface area contributed by atoms with Crippen LogP contribution in [0.25, 0.3) is 10.2 Å². The molecule has 0 aromatic carbocycles. The standard InChI is InChI=1S/C12H15N5OS/c1-2-13-12-16-10(8-3-4-19-11(8)17-12)15-7-5-9(18)14-6-7/h3-4,7H,2,5-6H2,1H3,(H,14,18)(H2,13,15,16,17). The van der Waals surface area contributed by atoms with Gasteiger partial charge in [0.25, 0.3) is 0 Å². The van der Waals surface area contributed by atoms with E-state index in [1.54, 1.807) is 11.3 Å². The molecule has 6 nitrogen and oxygen atoms in total. The van der Waals surface area contributed by atoms with E-state index >= 15 is 0 Å². The minimum Gasteiger partial charge on any atom is -0.364 e. The maximum Gasteiger partial charge on any atom is 0.226 e. The summed E-state index contributed by atoms with van der Waals surface area (Å²) in [5, 5.41) is 12.3. The van der Waals surface area contributed by atoms with Crippen molar-refractivity contribution in [2.45, 2.75) is 19.4 Å². The highest BCUT2D eigenvalue weighted by Crippen LogP contribution is 2.27. The van der Waals surface area contributed by atoms with Gasteiger partial charge in [0.2, 0.25) is 11.9 Å². The van der Waals surface area contributed by atoms with E-state index in [-0.39, 0.29) is 11.9 Å². The van der Waals surface area contributed by atoms with E-state index in [1.807, 2.05) is 18.4 Å². The molecule has 1 aliphatic rings. The lowest BCUT2D eigenvalue weighted by Crippen LogP contribution is -2.23. The second-order valence-corrected chi connectivity index (χ2v) is 5.31. The molecule has 3 heterocycles. The zero-order valence-electron chi connectivity index (χ0n) is 10.6. The predicted molar refractivity (Wildman–Crippen MR) is 76.6 cm³/mol. The van der Waals surface area contributed by atoms with Crippen molar-refractivity contribution >= 4 is 39.2 Å². The number of anilines is 2. The number of hydrogen-bond donors (Lipinski definition) is 3. The number of carbonyl (C=O) groups excluding carboxylic acids is 1. The van der Waals surface area contributed by atoms with Gasteiger partial charge in [0.1, 0.15) is 10.6 Å². The summed E-state index contributed by atoms with van der Waals surface area (Å²) in [6.45, 7) is 3.43. The van der Waals surface area contributed by atoms with Gasteiger partial charge in [0.15, 0.2) is 0 Å². The molecular formula is C12H15N5OS. The van der Waals surface area contributed by atoms with Crippen molar-refractivity contribution in [1.29, 1.82) is 0 Å². The van der Waals surface area contributed by atoms with Crippen molar-refractivity contribution in [2.24, 2.45) is 0 Å². The molecule has 0 saturated carbocycles. The number of fused-ring (bicyclic) bond motifs is 1. The van der Waals surface area contributed by atoms with Gasteiger partial charge in [-0.2, -0.15) is 4.98 Å². The summed E-state index contributed by atoms with van der Waals surface area (Å²) < 4.78 is 0. The molecule has 2 aromatic heterocycles. The number of amides is 1. The molecule has 1 aliphatic heterocycles. The van der Waals surface area contributed by atoms with Crippen LogP contribution in [0.15, 0.2) is 11.4 Å². The molecule has 1 atom stereocenters. The minimum absolute atomic E-state index is 0.0834. The molecule has 0 bridgehead atoms. The Kier molecular flexibility index (Phi) is 3.20. The van der Waals surface area contributed by atoms with E-state index in [0.29, 0.717) is 18.9 Å². The van der Waals surface area contributed by atoms with Crippen molar-refractivity contribution in [1.82, 2.24) is 15.3 Å². The van der Waals surface area contributed by atoms with Crippen LogP contribution < -0.4 is 16.0 Å². The Morgan fingerprint density at radius 1 is 1.53 bits per heavy atom. The topological polar surface area (TPSA) is 78.9 Å². The SMILES string of the molecule is CCNc1nc(NC2CNC(=O)C2)c2ccsc2n1. The normalized spacial score (nSPS) is 18.6. The fourth-order valence-corrected chi connectivity index (χ4v) is 2.87. The second-order valence-electron chi connectivity index (χ2n) is 4.42. The van der Waals surface area contributed by atoms with Gasteiger partial charge < -0.3 is 16.0 Å². The summed E-state index contributed by atoms with van der Waals surface area (Å²) in [4.78, 5) is 21.1. The number of nitrogens with one attached hydrogen (secondary N) is 3. The molecule has 0 spiro atoms. The van der Waals surface area contributed by atoms with E-state index < -0.39 is 0 Å². The molecule has 1 saturated heterocycles. The molecule has 1 amide bonds. The monoisotopic (exact) mass is 277 g/mol. The molecule has 3 N–H and O–H groups in total. The number of rotatable bonds is 4. The first-order valence-electron chi connectivity index (χ1n) is 6.28. The van der Waals surface area contributed by atoms with Gasteiger partial charge in [-0.3, -0.25) is 4.79 Å². The number of aromatic nitrogens is 2. The van der Waals surface area contributed by atoms with Crippen LogP contribution in [0.1, 0.15) is 13.3 Å². The molecule has 0 aliphatic carbocycles. The van der Waals surface area contributed by atoms with Crippen LogP contribution in [-0.2, 0) is 4.79 Å². The van der Waals surface area contributed by atoms with Crippen LogP contribution in [0.3, 0.4) is 0 Å². The molecule has 3 rings (SSSR count). The second kappa shape index (κ2) is 5.00. The van der Waals surface area contributed by atoms with Gasteiger partial charge in [-0.05, 0) is 18.4 Å². The Hall–Kier alpha value is -1.89. The van der Waals surface area contributed by atoms with E-state index in [0.717, 1.165) is 22.6 Å². The number of carbonyl (C=O) groups is 1. The molecule has 100 valence electrons. The maximum absolute atomic E-state index is 11.2. The summed E-state index contributed by atoms with van der Waals surface area (Å²) in [6, 6.07) is 2.10. The van der Waals surface area contributed by atoms with Gasteiger partial charge in [-0.15, -0.1) is 11.3 Å². The quantitative estimate of drug-likeness (QED) is 0.788. The van der Waals surface area contributed by atoms with E-state index in [4.69, 9.17) is 0 Å². The molecule has 1 fully saturated rings. The average Bonchev–Trinajstić information content (AvgIpc) is 2.99. The van der Waals surface area contributed by atoms with Gasteiger partial charge in [-0.1, -0.05) is 0 Å². The Morgan fingerprint density at radius 2 is 2.42 bits per heavy atom. The third-order valence-electron chi connectivity index (χ3n) is 2.98. The lowest BCUT2D eigenvalue weighted by molar-refractivity contribution is -0.119. The molecule has 1 unspecified atom stereocenters. The molecule has 0 radical (unpaired) electrons. The van der Waals surface area contributed by atoms with Crippen molar-refractivity contribution in [2.75, 3.05) is 23.7 Å². The van der Waals surface area contributed by atoms with E-state index in [1.165, 1.54) is 0 Å². The largest absolute Gasteiger partial charge is 0.364 e. The third-order valence-corrected chi connectivity index (χ3v) is 3.78. The first kappa shape index (κ1) is 12.2. The van der Waals surface area contributed by atoms with Gasteiger partial charge in [0.05, 0.1) is 11.4 Å². The van der Waals surface area contributed by atoms with Gasteiger partial charge >= 0.3 is 0 Å². The van der Waals surface area contributed by atoms with E-state index in [9.17, 15) is 4.79 Å². The molecule has 2 aromatic rings. The number of thiophene rings is 1. The number of nitrogens with zero attached hydrogens (tertiary/aromatic N) is 2. The molecule has 19 heavy (non-hydrogen) atoms. The van der Waals surface area contributed by atoms with Crippen molar-refractivity contribution in [3.63, 3.8) is 0 Å². The Morgan fingerprint density at radius 3 is 3.16 bits per heavy atom. The lowest BCUT2D eigenvalue weighted by atomic mass is 10.2. The summed E-state index contributed by atoms with van der Waals surface area (Å²) in [7, 11) is 0. The zero-order valence-corrected chi connectivity index (χ0v) is 11.4. The van der Waals surface area contributed by atoms with Crippen LogP contribution in [-0.4, -0.2) is 35.0 Å². The highest BCUT2D eigenvalue weighted by atomic mass is 32.1. The smallest absolute Gasteiger partial charge is 0.226 e. The molecular weight excluding hydrogens is 262 g/mol. The van der Waals surface area contributed by atoms with E-state index in [2.05, 4.69) is 25.9 Å². The Balaban J connectivity index is 1.91. The first-order valence-corrected chi connectivity index (χ1v) is 7.16. The van der Waals surface area contributed by atoms with Crippen molar-refractivity contribution in [3.05, 3.63) is 11.4 Å². The average molecular weight is 277 g/mol. The Bertz CT molecular complexity index is 611. The van der Waals surface area contributed by atoms with Crippen LogP contribution in [0.5, 0.6) is 0 Å². The highest BCUT2D eigenvalue weighted by molar-refractivity contribution is 7.16. The minimum atomic E-state index is 0.0834. The third kappa shape index (κ3) is 2.46. The fraction of sp³-hybridized carbons (Fsp3) is 0.417. The summed E-state index contributed by atoms with van der Waals surface area (Å²) in [5.74, 6) is 1.50. The van der Waals surface area contributed by atoms with Crippen LogP contribution in [0, 0.1) is 0 Å². The summed E-state index contributed by atoms with van der Waals surface area (Å²) >= 11 is 1.59. The van der Waals surface area contributed by atoms with Gasteiger partial charge in [0, 0.05) is 19.5 Å². The van der Waals surface area contributed by atoms with Crippen LogP contribution in [0.2, 0.25) is 0 Å².